The van der Waals surface area contributed by atoms with Crippen molar-refractivity contribution in [2.75, 3.05) is 0 Å². The number of nitrogens with zero attached hydrogens (tertiary/aromatic N) is 2. The molecule has 0 radical (unpaired) electrons. The van der Waals surface area contributed by atoms with Crippen LogP contribution in [0.2, 0.25) is 0 Å². The summed E-state index contributed by atoms with van der Waals surface area (Å²) >= 11 is 0. The van der Waals surface area contributed by atoms with Crippen molar-refractivity contribution in [1.29, 1.82) is 0 Å². The minimum atomic E-state index is -0.977. The Hall–Kier alpha value is -1.85. The van der Waals surface area contributed by atoms with Crippen molar-refractivity contribution in [3.05, 3.63) is 17.0 Å². The van der Waals surface area contributed by atoms with E-state index in [9.17, 15) is 14.7 Å². The summed E-state index contributed by atoms with van der Waals surface area (Å²) in [6.07, 6.45) is 1.56. The second-order valence-corrected chi connectivity index (χ2v) is 6.99. The highest BCUT2D eigenvalue weighted by molar-refractivity contribution is 5.83. The summed E-state index contributed by atoms with van der Waals surface area (Å²) in [5.41, 5.74) is 3.12. The highest BCUT2D eigenvalue weighted by Gasteiger charge is 2.25. The molecule has 24 heavy (non-hydrogen) atoms. The second kappa shape index (κ2) is 8.85. The molecule has 0 aromatic carbocycles. The molecule has 136 valence electrons. The van der Waals surface area contributed by atoms with Gasteiger partial charge in [-0.25, -0.2) is 4.79 Å². The molecule has 1 amide bonds. The number of carbonyl (C=O) groups is 2. The van der Waals surface area contributed by atoms with E-state index in [4.69, 9.17) is 0 Å². The Morgan fingerprint density at radius 3 is 2.38 bits per heavy atom. The molecule has 1 heterocycles. The first-order valence-electron chi connectivity index (χ1n) is 8.72. The fourth-order valence-corrected chi connectivity index (χ4v) is 2.79. The summed E-state index contributed by atoms with van der Waals surface area (Å²) in [6, 6.07) is -0.826. The first kappa shape index (κ1) is 20.2. The highest BCUT2D eigenvalue weighted by Crippen LogP contribution is 2.17. The average molecular weight is 337 g/mol. The molecule has 0 bridgehead atoms. The molecule has 6 nitrogen and oxygen atoms in total. The predicted molar refractivity (Wildman–Crippen MR) is 93.9 cm³/mol. The minimum absolute atomic E-state index is 0.0938. The normalized spacial score (nSPS) is 13.8. The molecule has 1 aromatic heterocycles. The van der Waals surface area contributed by atoms with Crippen LogP contribution in [0, 0.1) is 25.7 Å². The van der Waals surface area contributed by atoms with Crippen molar-refractivity contribution in [2.24, 2.45) is 11.8 Å². The molecule has 6 heteroatoms. The van der Waals surface area contributed by atoms with Gasteiger partial charge in [-0.05, 0) is 37.7 Å². The molecule has 0 aliphatic carbocycles. The van der Waals surface area contributed by atoms with E-state index in [2.05, 4.69) is 24.3 Å². The molecule has 2 atom stereocenters. The molecule has 2 N–H and O–H groups in total. The van der Waals surface area contributed by atoms with Crippen molar-refractivity contribution in [3.63, 3.8) is 0 Å². The Morgan fingerprint density at radius 1 is 1.25 bits per heavy atom. The molecule has 0 saturated carbocycles. The molecule has 1 aromatic rings. The number of carboxylic acid groups (broad SMARTS) is 1. The number of carbonyl (C=O) groups excluding carboxylic acids is 1. The molecular weight excluding hydrogens is 306 g/mol. The number of rotatable bonds is 9. The van der Waals surface area contributed by atoms with E-state index in [1.807, 2.05) is 32.4 Å². The first-order chi connectivity index (χ1) is 11.2. The van der Waals surface area contributed by atoms with E-state index >= 15 is 0 Å². The monoisotopic (exact) mass is 337 g/mol. The number of hydrogen-bond donors (Lipinski definition) is 2. The summed E-state index contributed by atoms with van der Waals surface area (Å²) in [4.78, 5) is 23.5. The summed E-state index contributed by atoms with van der Waals surface area (Å²) in [6.45, 7) is 12.9. The van der Waals surface area contributed by atoms with Gasteiger partial charge in [-0.1, -0.05) is 34.1 Å². The van der Waals surface area contributed by atoms with Crippen LogP contribution in [0.3, 0.4) is 0 Å². The number of amides is 1. The number of aryl methyl sites for hydroxylation is 1. The largest absolute Gasteiger partial charge is 0.480 e. The molecule has 0 saturated heterocycles. The maximum absolute atomic E-state index is 12.2. The van der Waals surface area contributed by atoms with Gasteiger partial charge in [-0.2, -0.15) is 5.10 Å². The van der Waals surface area contributed by atoms with E-state index in [0.717, 1.165) is 23.5 Å². The molecule has 0 unspecified atom stereocenters. The van der Waals surface area contributed by atoms with Crippen LogP contribution in [0.5, 0.6) is 0 Å². The number of aliphatic carboxylic acids is 1. The minimum Gasteiger partial charge on any atom is -0.480 e. The summed E-state index contributed by atoms with van der Waals surface area (Å²) in [5, 5.41) is 16.5. The van der Waals surface area contributed by atoms with Crippen LogP contribution >= 0.6 is 0 Å². The van der Waals surface area contributed by atoms with Crippen LogP contribution in [0.15, 0.2) is 0 Å². The van der Waals surface area contributed by atoms with Gasteiger partial charge in [0.05, 0.1) is 5.69 Å². The Bertz CT molecular complexity index is 578. The van der Waals surface area contributed by atoms with Crippen LogP contribution in [0.1, 0.15) is 57.5 Å². The van der Waals surface area contributed by atoms with Gasteiger partial charge in [0.1, 0.15) is 6.04 Å². The molecule has 0 aliphatic rings. The van der Waals surface area contributed by atoms with Crippen LogP contribution in [0.4, 0.5) is 0 Å². The van der Waals surface area contributed by atoms with Crippen molar-refractivity contribution >= 4 is 11.9 Å². The summed E-state index contributed by atoms with van der Waals surface area (Å²) in [5.74, 6) is -0.789. The quantitative estimate of drug-likeness (QED) is 0.725. The van der Waals surface area contributed by atoms with E-state index in [0.29, 0.717) is 18.8 Å². The zero-order valence-electron chi connectivity index (χ0n) is 15.7. The highest BCUT2D eigenvalue weighted by atomic mass is 16.4. The maximum atomic E-state index is 12.2. The van der Waals surface area contributed by atoms with Crippen molar-refractivity contribution < 1.29 is 14.7 Å². The van der Waals surface area contributed by atoms with Gasteiger partial charge in [0.2, 0.25) is 5.91 Å². The second-order valence-electron chi connectivity index (χ2n) is 6.99. The number of aromatic nitrogens is 2. The lowest BCUT2D eigenvalue weighted by atomic mass is 9.99. The smallest absolute Gasteiger partial charge is 0.326 e. The summed E-state index contributed by atoms with van der Waals surface area (Å²) in [7, 11) is 0. The van der Waals surface area contributed by atoms with E-state index in [1.54, 1.807) is 0 Å². The lowest BCUT2D eigenvalue weighted by Crippen LogP contribution is -2.45. The Labute approximate surface area is 144 Å². The number of hydrogen-bond acceptors (Lipinski definition) is 3. The van der Waals surface area contributed by atoms with Crippen LogP contribution < -0.4 is 5.32 Å². The Morgan fingerprint density at radius 2 is 1.88 bits per heavy atom. The number of carboxylic acids is 1. The fourth-order valence-electron chi connectivity index (χ4n) is 2.79. The molecule has 0 spiro atoms. The van der Waals surface area contributed by atoms with Gasteiger partial charge in [0.15, 0.2) is 0 Å². The molecular formula is C18H31N3O3. The lowest BCUT2D eigenvalue weighted by Gasteiger charge is -2.20. The zero-order chi connectivity index (χ0) is 18.4. The van der Waals surface area contributed by atoms with Crippen LogP contribution in [0.25, 0.3) is 0 Å². The first-order valence-corrected chi connectivity index (χ1v) is 8.72. The predicted octanol–water partition coefficient (Wildman–Crippen LogP) is 2.70. The zero-order valence-corrected chi connectivity index (χ0v) is 15.7. The standard InChI is InChI=1S/C18H31N3O3/c1-7-12(4)17(18(23)24)19-16(22)9-8-15-13(5)20-21(14(15)6)10-11(2)3/h11-12,17H,7-10H2,1-6H3,(H,19,22)(H,23,24)/t12-,17-/m0/s1. The van der Waals surface area contributed by atoms with Crippen LogP contribution in [-0.2, 0) is 22.6 Å². The third-order valence-corrected chi connectivity index (χ3v) is 4.47. The lowest BCUT2D eigenvalue weighted by molar-refractivity contribution is -0.143. The van der Waals surface area contributed by atoms with Gasteiger partial charge in [0, 0.05) is 18.7 Å². The van der Waals surface area contributed by atoms with Crippen molar-refractivity contribution in [3.8, 4) is 0 Å². The number of nitrogens with one attached hydrogen (secondary N) is 1. The SMILES string of the molecule is CC[C@H](C)[C@H](NC(=O)CCc1c(C)nn(CC(C)C)c1C)C(=O)O. The summed E-state index contributed by atoms with van der Waals surface area (Å²) < 4.78 is 1.99. The third-order valence-electron chi connectivity index (χ3n) is 4.47. The van der Waals surface area contributed by atoms with Gasteiger partial charge in [-0.3, -0.25) is 9.48 Å². The average Bonchev–Trinajstić information content (AvgIpc) is 2.75. The van der Waals surface area contributed by atoms with Gasteiger partial charge in [-0.15, -0.1) is 0 Å². The van der Waals surface area contributed by atoms with Gasteiger partial charge in [0.25, 0.3) is 0 Å². The topological polar surface area (TPSA) is 84.2 Å². The van der Waals surface area contributed by atoms with Gasteiger partial charge < -0.3 is 10.4 Å². The van der Waals surface area contributed by atoms with Gasteiger partial charge >= 0.3 is 5.97 Å². The maximum Gasteiger partial charge on any atom is 0.326 e. The molecule has 1 rings (SSSR count). The molecule has 0 aliphatic heterocycles. The van der Waals surface area contributed by atoms with Crippen molar-refractivity contribution in [2.45, 2.75) is 73.4 Å². The van der Waals surface area contributed by atoms with Crippen molar-refractivity contribution in [1.82, 2.24) is 15.1 Å². The Kier molecular flexibility index (Phi) is 7.45. The van der Waals surface area contributed by atoms with Crippen LogP contribution in [-0.4, -0.2) is 32.8 Å². The van der Waals surface area contributed by atoms with E-state index < -0.39 is 12.0 Å². The molecule has 0 fully saturated rings. The van der Waals surface area contributed by atoms with E-state index in [-0.39, 0.29) is 18.2 Å². The van der Waals surface area contributed by atoms with E-state index in [1.165, 1.54) is 0 Å². The Balaban J connectivity index is 2.70. The third kappa shape index (κ3) is 5.35. The fraction of sp³-hybridized carbons (Fsp3) is 0.722.